The van der Waals surface area contributed by atoms with Crippen molar-refractivity contribution in [1.29, 1.82) is 0 Å². The van der Waals surface area contributed by atoms with Gasteiger partial charge in [0, 0.05) is 12.0 Å². The largest absolute Gasteiger partial charge is 0.508 e. The minimum atomic E-state index is -0.393. The van der Waals surface area contributed by atoms with Crippen molar-refractivity contribution in [3.63, 3.8) is 0 Å². The van der Waals surface area contributed by atoms with Crippen LogP contribution in [0.25, 0.3) is 0 Å². The number of nitrogens with zero attached hydrogens (tertiary/aromatic N) is 2. The fraction of sp³-hybridized carbons (Fsp3) is 0.133. The van der Waals surface area contributed by atoms with E-state index in [9.17, 15) is 9.90 Å². The molecule has 19 heavy (non-hydrogen) atoms. The van der Waals surface area contributed by atoms with Crippen molar-refractivity contribution in [2.24, 2.45) is 10.2 Å². The van der Waals surface area contributed by atoms with Crippen molar-refractivity contribution in [1.82, 2.24) is 0 Å². The minimum absolute atomic E-state index is 0.102. The van der Waals surface area contributed by atoms with Crippen LogP contribution in [0, 0.1) is 0 Å². The molecular formula is C15H12N2O2. The number of rotatable bonds is 2. The summed E-state index contributed by atoms with van der Waals surface area (Å²) in [6.45, 7) is 0. The maximum atomic E-state index is 11.7. The second-order valence-electron chi connectivity index (χ2n) is 4.46. The smallest absolute Gasteiger partial charge is 0.295 e. The van der Waals surface area contributed by atoms with E-state index in [1.54, 1.807) is 18.2 Å². The van der Waals surface area contributed by atoms with Crippen LogP contribution >= 0.6 is 0 Å². The highest BCUT2D eigenvalue weighted by atomic mass is 16.3. The zero-order chi connectivity index (χ0) is 13.2. The maximum Gasteiger partial charge on any atom is 0.295 e. The molecule has 4 nitrogen and oxygen atoms in total. The van der Waals surface area contributed by atoms with Crippen molar-refractivity contribution < 1.29 is 9.90 Å². The molecule has 0 aromatic heterocycles. The fourth-order valence-electron chi connectivity index (χ4n) is 2.30. The Morgan fingerprint density at radius 1 is 1.05 bits per heavy atom. The Labute approximate surface area is 110 Å². The van der Waals surface area contributed by atoms with Crippen LogP contribution in [0.3, 0.4) is 0 Å². The monoisotopic (exact) mass is 252 g/mol. The highest BCUT2D eigenvalue weighted by Crippen LogP contribution is 2.36. The van der Waals surface area contributed by atoms with Gasteiger partial charge in [0.1, 0.15) is 11.8 Å². The van der Waals surface area contributed by atoms with Gasteiger partial charge in [-0.15, -0.1) is 5.11 Å². The van der Waals surface area contributed by atoms with E-state index >= 15 is 0 Å². The molecule has 2 aromatic carbocycles. The van der Waals surface area contributed by atoms with Gasteiger partial charge in [0.05, 0.1) is 5.56 Å². The molecule has 3 rings (SSSR count). The van der Waals surface area contributed by atoms with E-state index in [1.165, 1.54) is 0 Å². The van der Waals surface area contributed by atoms with E-state index in [0.717, 1.165) is 5.56 Å². The van der Waals surface area contributed by atoms with Crippen LogP contribution in [0.2, 0.25) is 0 Å². The summed E-state index contributed by atoms with van der Waals surface area (Å²) in [7, 11) is 0. The topological polar surface area (TPSA) is 62.0 Å². The number of carbonyl (C=O) groups is 1. The highest BCUT2D eigenvalue weighted by Gasteiger charge is 2.26. The lowest BCUT2D eigenvalue weighted by atomic mass is 9.93. The van der Waals surface area contributed by atoms with E-state index < -0.39 is 5.91 Å². The van der Waals surface area contributed by atoms with Gasteiger partial charge in [-0.05, 0) is 17.7 Å². The average molecular weight is 252 g/mol. The first-order valence-electron chi connectivity index (χ1n) is 6.06. The number of hydrogen-bond acceptors (Lipinski definition) is 3. The molecule has 1 unspecified atom stereocenters. The molecule has 1 aliphatic heterocycles. The number of fused-ring (bicyclic) bond motifs is 1. The van der Waals surface area contributed by atoms with E-state index in [0.29, 0.717) is 17.5 Å². The van der Waals surface area contributed by atoms with E-state index in [2.05, 4.69) is 10.2 Å². The third kappa shape index (κ3) is 2.12. The number of phenols is 1. The first kappa shape index (κ1) is 11.6. The second-order valence-corrected chi connectivity index (χ2v) is 4.46. The van der Waals surface area contributed by atoms with Crippen LogP contribution < -0.4 is 0 Å². The van der Waals surface area contributed by atoms with Crippen molar-refractivity contribution >= 4 is 5.91 Å². The summed E-state index contributed by atoms with van der Waals surface area (Å²) in [5.41, 5.74) is 2.11. The SMILES string of the molecule is O=C1N=NC(Cc2ccccc2)c2c(O)cccc21. The average Bonchev–Trinajstić information content (AvgIpc) is 2.43. The van der Waals surface area contributed by atoms with Gasteiger partial charge in [0.25, 0.3) is 5.91 Å². The maximum absolute atomic E-state index is 11.7. The van der Waals surface area contributed by atoms with Gasteiger partial charge in [0.15, 0.2) is 0 Å². The van der Waals surface area contributed by atoms with Gasteiger partial charge in [-0.25, -0.2) is 0 Å². The third-order valence-corrected chi connectivity index (χ3v) is 3.21. The van der Waals surface area contributed by atoms with Crippen molar-refractivity contribution in [3.05, 3.63) is 65.2 Å². The summed E-state index contributed by atoms with van der Waals surface area (Å²) >= 11 is 0. The molecule has 0 fully saturated rings. The predicted molar refractivity (Wildman–Crippen MR) is 70.2 cm³/mol. The van der Waals surface area contributed by atoms with Crippen LogP contribution in [-0.2, 0) is 6.42 Å². The lowest BCUT2D eigenvalue weighted by Crippen LogP contribution is -2.12. The molecule has 0 saturated heterocycles. The third-order valence-electron chi connectivity index (χ3n) is 3.21. The van der Waals surface area contributed by atoms with Gasteiger partial charge in [-0.3, -0.25) is 4.79 Å². The summed E-state index contributed by atoms with van der Waals surface area (Å²) in [5.74, 6) is -0.291. The number of aromatic hydroxyl groups is 1. The Hall–Kier alpha value is -2.49. The van der Waals surface area contributed by atoms with Crippen LogP contribution in [0.1, 0.15) is 27.5 Å². The molecule has 0 saturated carbocycles. The van der Waals surface area contributed by atoms with Crippen molar-refractivity contribution in [3.8, 4) is 5.75 Å². The molecule has 1 aliphatic rings. The summed E-state index contributed by atoms with van der Waals surface area (Å²) in [5, 5.41) is 17.7. The molecule has 2 aromatic rings. The zero-order valence-electron chi connectivity index (χ0n) is 10.2. The molecule has 0 radical (unpaired) electrons. The number of azo groups is 1. The lowest BCUT2D eigenvalue weighted by Gasteiger charge is -2.19. The summed E-state index contributed by atoms with van der Waals surface area (Å²) in [4.78, 5) is 11.7. The van der Waals surface area contributed by atoms with Crippen LogP contribution in [-0.4, -0.2) is 11.0 Å². The number of carbonyl (C=O) groups excluding carboxylic acids is 1. The Kier molecular flexibility index (Phi) is 2.83. The van der Waals surface area contributed by atoms with Gasteiger partial charge < -0.3 is 5.11 Å². The van der Waals surface area contributed by atoms with E-state index in [1.807, 2.05) is 30.3 Å². The lowest BCUT2D eigenvalue weighted by molar-refractivity contribution is 0.0983. The van der Waals surface area contributed by atoms with Crippen molar-refractivity contribution in [2.75, 3.05) is 0 Å². The summed E-state index contributed by atoms with van der Waals surface area (Å²) in [6.07, 6.45) is 0.613. The molecule has 0 bridgehead atoms. The molecule has 0 spiro atoms. The minimum Gasteiger partial charge on any atom is -0.508 e. The standard InChI is InChI=1S/C15H12N2O2/c18-13-8-4-7-11-14(13)12(16-17-15(11)19)9-10-5-2-1-3-6-10/h1-8,12,18H,9H2. The number of hydrogen-bond donors (Lipinski definition) is 1. The van der Waals surface area contributed by atoms with Gasteiger partial charge in [0.2, 0.25) is 0 Å². The molecule has 1 N–H and O–H groups in total. The first-order valence-corrected chi connectivity index (χ1v) is 6.06. The quantitative estimate of drug-likeness (QED) is 0.891. The van der Waals surface area contributed by atoms with Crippen LogP contribution in [0.5, 0.6) is 5.75 Å². The Morgan fingerprint density at radius 2 is 1.84 bits per heavy atom. The number of amides is 1. The highest BCUT2D eigenvalue weighted by molar-refractivity contribution is 5.97. The molecule has 94 valence electrons. The first-order chi connectivity index (χ1) is 9.25. The Balaban J connectivity index is 2.01. The Morgan fingerprint density at radius 3 is 2.63 bits per heavy atom. The fourth-order valence-corrected chi connectivity index (χ4v) is 2.30. The summed E-state index contributed by atoms with van der Waals surface area (Å²) < 4.78 is 0. The van der Waals surface area contributed by atoms with Crippen molar-refractivity contribution in [2.45, 2.75) is 12.5 Å². The number of benzene rings is 2. The zero-order valence-corrected chi connectivity index (χ0v) is 10.2. The molecule has 1 atom stereocenters. The normalized spacial score (nSPS) is 17.3. The van der Waals surface area contributed by atoms with Crippen LogP contribution in [0.15, 0.2) is 58.8 Å². The number of phenolic OH excluding ortho intramolecular Hbond substituents is 1. The van der Waals surface area contributed by atoms with E-state index in [-0.39, 0.29) is 11.8 Å². The van der Waals surface area contributed by atoms with Gasteiger partial charge >= 0.3 is 0 Å². The molecule has 4 heteroatoms. The van der Waals surface area contributed by atoms with Crippen LogP contribution in [0.4, 0.5) is 0 Å². The molecule has 1 amide bonds. The second kappa shape index (κ2) is 4.65. The van der Waals surface area contributed by atoms with Gasteiger partial charge in [-0.1, -0.05) is 36.4 Å². The predicted octanol–water partition coefficient (Wildman–Crippen LogP) is 3.28. The van der Waals surface area contributed by atoms with E-state index in [4.69, 9.17) is 0 Å². The molecule has 1 heterocycles. The summed E-state index contributed by atoms with van der Waals surface area (Å²) in [6, 6.07) is 14.4. The molecular weight excluding hydrogens is 240 g/mol. The Bertz CT molecular complexity index is 650. The van der Waals surface area contributed by atoms with Gasteiger partial charge in [-0.2, -0.15) is 5.11 Å². The molecule has 0 aliphatic carbocycles.